The van der Waals surface area contributed by atoms with E-state index in [1.165, 1.54) is 19.0 Å². The van der Waals surface area contributed by atoms with E-state index < -0.39 is 0 Å². The molecule has 1 unspecified atom stereocenters. The Morgan fingerprint density at radius 3 is 3.06 bits per heavy atom. The summed E-state index contributed by atoms with van der Waals surface area (Å²) in [6.07, 6.45) is 6.02. The average molecular weight is 222 g/mol. The quantitative estimate of drug-likeness (QED) is 0.754. The summed E-state index contributed by atoms with van der Waals surface area (Å²) in [4.78, 5) is 14.1. The lowest BCUT2D eigenvalue weighted by molar-refractivity contribution is 0.0693. The molecule has 1 aliphatic rings. The summed E-state index contributed by atoms with van der Waals surface area (Å²) in [6, 6.07) is 0.290. The van der Waals surface area contributed by atoms with Crippen LogP contribution in [0.4, 0.5) is 5.69 Å². The first kappa shape index (κ1) is 11.0. The highest BCUT2D eigenvalue weighted by atomic mass is 16.2. The molecule has 3 N–H and O–H groups in total. The van der Waals surface area contributed by atoms with Crippen LogP contribution in [0.15, 0.2) is 6.20 Å². The van der Waals surface area contributed by atoms with Crippen molar-refractivity contribution in [1.29, 1.82) is 0 Å². The van der Waals surface area contributed by atoms with Gasteiger partial charge in [0.2, 0.25) is 0 Å². The van der Waals surface area contributed by atoms with Crippen molar-refractivity contribution in [3.63, 3.8) is 0 Å². The molecule has 1 aromatic rings. The number of H-pyrrole nitrogens is 1. The number of rotatable bonds is 1. The SMILES string of the molecule is CC1CCCCCN1C(=O)c1[nH]ncc1N. The molecule has 0 saturated carbocycles. The molecule has 5 nitrogen and oxygen atoms in total. The summed E-state index contributed by atoms with van der Waals surface area (Å²) in [6.45, 7) is 2.91. The van der Waals surface area contributed by atoms with E-state index in [4.69, 9.17) is 5.73 Å². The van der Waals surface area contributed by atoms with Gasteiger partial charge in [0, 0.05) is 12.6 Å². The van der Waals surface area contributed by atoms with E-state index in [-0.39, 0.29) is 11.9 Å². The molecule has 5 heteroatoms. The molecule has 1 amide bonds. The second-order valence-corrected chi connectivity index (χ2v) is 4.40. The zero-order valence-electron chi connectivity index (χ0n) is 9.57. The van der Waals surface area contributed by atoms with Crippen molar-refractivity contribution in [1.82, 2.24) is 15.1 Å². The second-order valence-electron chi connectivity index (χ2n) is 4.40. The van der Waals surface area contributed by atoms with E-state index in [0.717, 1.165) is 19.4 Å². The summed E-state index contributed by atoms with van der Waals surface area (Å²) in [5.74, 6) is -0.0237. The Morgan fingerprint density at radius 1 is 1.56 bits per heavy atom. The predicted molar refractivity (Wildman–Crippen MR) is 62.0 cm³/mol. The Labute approximate surface area is 95.0 Å². The molecule has 0 spiro atoms. The molecule has 1 aliphatic heterocycles. The van der Waals surface area contributed by atoms with E-state index in [9.17, 15) is 4.79 Å². The molecule has 2 rings (SSSR count). The van der Waals surface area contributed by atoms with Gasteiger partial charge >= 0.3 is 0 Å². The van der Waals surface area contributed by atoms with Crippen LogP contribution in [0, 0.1) is 0 Å². The number of carbonyl (C=O) groups excluding carboxylic acids is 1. The molecule has 1 atom stereocenters. The fourth-order valence-electron chi connectivity index (χ4n) is 2.19. The van der Waals surface area contributed by atoms with E-state index >= 15 is 0 Å². The Bertz CT molecular complexity index is 374. The first-order valence-corrected chi connectivity index (χ1v) is 5.80. The van der Waals surface area contributed by atoms with Crippen molar-refractivity contribution < 1.29 is 4.79 Å². The maximum absolute atomic E-state index is 12.2. The van der Waals surface area contributed by atoms with Crippen LogP contribution in [-0.4, -0.2) is 33.6 Å². The van der Waals surface area contributed by atoms with Crippen LogP contribution in [-0.2, 0) is 0 Å². The van der Waals surface area contributed by atoms with Gasteiger partial charge in [0.1, 0.15) is 5.69 Å². The summed E-state index contributed by atoms with van der Waals surface area (Å²) in [5.41, 5.74) is 6.55. The van der Waals surface area contributed by atoms with Crippen molar-refractivity contribution in [3.8, 4) is 0 Å². The van der Waals surface area contributed by atoms with Gasteiger partial charge in [-0.2, -0.15) is 5.10 Å². The average Bonchev–Trinajstić information content (AvgIpc) is 2.56. The molecule has 0 aromatic carbocycles. The third-order valence-corrected chi connectivity index (χ3v) is 3.20. The molecular weight excluding hydrogens is 204 g/mol. The van der Waals surface area contributed by atoms with Gasteiger partial charge in [-0.05, 0) is 19.8 Å². The molecule has 0 aliphatic carbocycles. The fraction of sp³-hybridized carbons (Fsp3) is 0.636. The second kappa shape index (κ2) is 4.55. The van der Waals surface area contributed by atoms with Gasteiger partial charge < -0.3 is 10.6 Å². The predicted octanol–water partition coefficient (Wildman–Crippen LogP) is 1.40. The largest absolute Gasteiger partial charge is 0.396 e. The molecule has 1 aromatic heterocycles. The number of aromatic nitrogens is 2. The summed E-state index contributed by atoms with van der Waals surface area (Å²) >= 11 is 0. The summed E-state index contributed by atoms with van der Waals surface area (Å²) < 4.78 is 0. The number of likely N-dealkylation sites (tertiary alicyclic amines) is 1. The third kappa shape index (κ3) is 2.03. The molecule has 1 fully saturated rings. The highest BCUT2D eigenvalue weighted by molar-refractivity contribution is 5.97. The van der Waals surface area contributed by atoms with Gasteiger partial charge in [-0.15, -0.1) is 0 Å². The Hall–Kier alpha value is -1.52. The molecule has 16 heavy (non-hydrogen) atoms. The number of aromatic amines is 1. The summed E-state index contributed by atoms with van der Waals surface area (Å²) in [7, 11) is 0. The zero-order valence-corrected chi connectivity index (χ0v) is 9.57. The van der Waals surface area contributed by atoms with Crippen LogP contribution in [0.3, 0.4) is 0 Å². The highest BCUT2D eigenvalue weighted by Gasteiger charge is 2.25. The van der Waals surface area contributed by atoms with Crippen LogP contribution in [0.25, 0.3) is 0 Å². The van der Waals surface area contributed by atoms with Gasteiger partial charge in [0.15, 0.2) is 0 Å². The maximum Gasteiger partial charge on any atom is 0.274 e. The van der Waals surface area contributed by atoms with Crippen molar-refractivity contribution in [2.75, 3.05) is 12.3 Å². The minimum absolute atomic E-state index is 0.0237. The molecule has 88 valence electrons. The van der Waals surface area contributed by atoms with Crippen LogP contribution < -0.4 is 5.73 Å². The molecule has 2 heterocycles. The number of anilines is 1. The minimum atomic E-state index is -0.0237. The number of nitrogens with one attached hydrogen (secondary N) is 1. The first-order chi connectivity index (χ1) is 7.70. The topological polar surface area (TPSA) is 75.0 Å². The lowest BCUT2D eigenvalue weighted by Crippen LogP contribution is -2.38. The van der Waals surface area contributed by atoms with Gasteiger partial charge in [-0.3, -0.25) is 9.89 Å². The maximum atomic E-state index is 12.2. The number of hydrogen-bond donors (Lipinski definition) is 2. The van der Waals surface area contributed by atoms with E-state index in [1.54, 1.807) is 0 Å². The Balaban J connectivity index is 2.17. The lowest BCUT2D eigenvalue weighted by Gasteiger charge is -2.26. The van der Waals surface area contributed by atoms with Gasteiger partial charge in [-0.1, -0.05) is 12.8 Å². The monoisotopic (exact) mass is 222 g/mol. The number of nitrogens with zero attached hydrogens (tertiary/aromatic N) is 2. The molecular formula is C11H18N4O. The fourth-order valence-corrected chi connectivity index (χ4v) is 2.19. The third-order valence-electron chi connectivity index (χ3n) is 3.20. The van der Waals surface area contributed by atoms with E-state index in [0.29, 0.717) is 11.4 Å². The minimum Gasteiger partial charge on any atom is -0.396 e. The van der Waals surface area contributed by atoms with Crippen molar-refractivity contribution in [2.24, 2.45) is 0 Å². The van der Waals surface area contributed by atoms with Crippen molar-refractivity contribution in [3.05, 3.63) is 11.9 Å². The Kier molecular flexibility index (Phi) is 3.12. The van der Waals surface area contributed by atoms with Crippen molar-refractivity contribution in [2.45, 2.75) is 38.6 Å². The van der Waals surface area contributed by atoms with Crippen LogP contribution >= 0.6 is 0 Å². The zero-order chi connectivity index (χ0) is 11.5. The first-order valence-electron chi connectivity index (χ1n) is 5.80. The van der Waals surface area contributed by atoms with Gasteiger partial charge in [0.25, 0.3) is 5.91 Å². The molecule has 1 saturated heterocycles. The van der Waals surface area contributed by atoms with Crippen LogP contribution in [0.1, 0.15) is 43.1 Å². The normalized spacial score (nSPS) is 21.8. The van der Waals surface area contributed by atoms with E-state index in [1.807, 2.05) is 4.90 Å². The standard InChI is InChI=1S/C11H18N4O/c1-8-5-3-2-4-6-15(8)11(16)10-9(12)7-13-14-10/h7-8H,2-6,12H2,1H3,(H,13,14). The number of nitrogens with two attached hydrogens (primary N) is 1. The van der Waals surface area contributed by atoms with Gasteiger partial charge in [0.05, 0.1) is 11.9 Å². The summed E-state index contributed by atoms with van der Waals surface area (Å²) in [5, 5.41) is 6.47. The Morgan fingerprint density at radius 2 is 2.38 bits per heavy atom. The van der Waals surface area contributed by atoms with Gasteiger partial charge in [-0.25, -0.2) is 0 Å². The van der Waals surface area contributed by atoms with Crippen molar-refractivity contribution >= 4 is 11.6 Å². The van der Waals surface area contributed by atoms with E-state index in [2.05, 4.69) is 17.1 Å². The molecule has 0 bridgehead atoms. The number of amides is 1. The number of hydrogen-bond acceptors (Lipinski definition) is 3. The van der Waals surface area contributed by atoms with Crippen LogP contribution in [0.5, 0.6) is 0 Å². The highest BCUT2D eigenvalue weighted by Crippen LogP contribution is 2.19. The molecule has 0 radical (unpaired) electrons. The number of nitrogen functional groups attached to an aromatic ring is 1. The lowest BCUT2D eigenvalue weighted by atomic mass is 10.1. The van der Waals surface area contributed by atoms with Crippen LogP contribution in [0.2, 0.25) is 0 Å². The smallest absolute Gasteiger partial charge is 0.274 e. The number of carbonyl (C=O) groups is 1.